The number of methoxy groups -OCH3 is 1. The number of nitrogens with two attached hydrogens (primary N) is 1. The van der Waals surface area contributed by atoms with E-state index in [1.54, 1.807) is 4.90 Å². The van der Waals surface area contributed by atoms with Crippen LogP contribution >= 0.6 is 12.4 Å². The summed E-state index contributed by atoms with van der Waals surface area (Å²) in [5.74, 6) is -0.0531. The molecule has 90 valence electrons. The Morgan fingerprint density at radius 3 is 2.93 bits per heavy atom. The van der Waals surface area contributed by atoms with Gasteiger partial charge in [0.15, 0.2) is 0 Å². The van der Waals surface area contributed by atoms with Gasteiger partial charge in [-0.1, -0.05) is 0 Å². The Balaban J connectivity index is 0.00000196. The quantitative estimate of drug-likeness (QED) is 0.729. The van der Waals surface area contributed by atoms with E-state index in [0.29, 0.717) is 19.8 Å². The highest BCUT2D eigenvalue weighted by Crippen LogP contribution is 2.07. The Kier molecular flexibility index (Phi) is 6.84. The molecule has 1 rings (SSSR count). The zero-order valence-electron chi connectivity index (χ0n) is 9.14. The van der Waals surface area contributed by atoms with Crippen LogP contribution in [0, 0.1) is 0 Å². The van der Waals surface area contributed by atoms with E-state index in [4.69, 9.17) is 15.2 Å². The third kappa shape index (κ3) is 3.95. The number of hydrogen-bond acceptors (Lipinski definition) is 4. The van der Waals surface area contributed by atoms with Crippen LogP contribution in [0.25, 0.3) is 0 Å². The van der Waals surface area contributed by atoms with Gasteiger partial charge in [-0.25, -0.2) is 0 Å². The fraction of sp³-hybridized carbons (Fsp3) is 0.889. The first-order valence-electron chi connectivity index (χ1n) is 4.79. The lowest BCUT2D eigenvalue weighted by Gasteiger charge is -2.34. The van der Waals surface area contributed by atoms with Gasteiger partial charge in [-0.05, 0) is 6.92 Å². The number of halogens is 1. The molecular weight excluding hydrogens is 220 g/mol. The summed E-state index contributed by atoms with van der Waals surface area (Å²) in [5, 5.41) is 0. The molecule has 1 amide bonds. The number of rotatable bonds is 3. The van der Waals surface area contributed by atoms with Crippen LogP contribution in [0.2, 0.25) is 0 Å². The SMILES string of the molecule is COCC(N)C(=O)N1CCOCC1C.Cl. The van der Waals surface area contributed by atoms with Crippen molar-refractivity contribution in [3.63, 3.8) is 0 Å². The predicted molar refractivity (Wildman–Crippen MR) is 59.1 cm³/mol. The molecule has 1 aliphatic heterocycles. The maximum atomic E-state index is 11.8. The van der Waals surface area contributed by atoms with Gasteiger partial charge in [-0.2, -0.15) is 0 Å². The van der Waals surface area contributed by atoms with Crippen LogP contribution in [-0.2, 0) is 14.3 Å². The molecule has 2 unspecified atom stereocenters. The standard InChI is InChI=1S/C9H18N2O3.ClH/c1-7-5-14-4-3-11(7)9(12)8(10)6-13-2;/h7-8H,3-6,10H2,1-2H3;1H. The van der Waals surface area contributed by atoms with Gasteiger partial charge in [-0.15, -0.1) is 12.4 Å². The summed E-state index contributed by atoms with van der Waals surface area (Å²) in [7, 11) is 1.54. The molecule has 0 bridgehead atoms. The smallest absolute Gasteiger partial charge is 0.242 e. The number of ether oxygens (including phenoxy) is 2. The number of carbonyl (C=O) groups excluding carboxylic acids is 1. The van der Waals surface area contributed by atoms with Gasteiger partial charge in [0.25, 0.3) is 0 Å². The maximum Gasteiger partial charge on any atom is 0.242 e. The number of morpholine rings is 1. The largest absolute Gasteiger partial charge is 0.383 e. The molecule has 6 heteroatoms. The lowest BCUT2D eigenvalue weighted by atomic mass is 10.2. The van der Waals surface area contributed by atoms with Crippen LogP contribution in [0.5, 0.6) is 0 Å². The van der Waals surface area contributed by atoms with Crippen LogP contribution in [0.3, 0.4) is 0 Å². The Bertz CT molecular complexity index is 204. The van der Waals surface area contributed by atoms with E-state index in [1.807, 2.05) is 6.92 Å². The molecule has 0 aromatic rings. The Labute approximate surface area is 96.3 Å². The monoisotopic (exact) mass is 238 g/mol. The van der Waals surface area contributed by atoms with Crippen molar-refractivity contribution >= 4 is 18.3 Å². The third-order valence-electron chi connectivity index (χ3n) is 2.31. The summed E-state index contributed by atoms with van der Waals surface area (Å²) in [6.07, 6.45) is 0. The second-order valence-electron chi connectivity index (χ2n) is 3.52. The molecule has 0 spiro atoms. The van der Waals surface area contributed by atoms with E-state index >= 15 is 0 Å². The molecule has 1 saturated heterocycles. The minimum atomic E-state index is -0.555. The second-order valence-corrected chi connectivity index (χ2v) is 3.52. The molecule has 5 nitrogen and oxygen atoms in total. The van der Waals surface area contributed by atoms with Gasteiger partial charge in [0.1, 0.15) is 6.04 Å². The van der Waals surface area contributed by atoms with Crippen molar-refractivity contribution in [2.45, 2.75) is 19.0 Å². The van der Waals surface area contributed by atoms with E-state index in [0.717, 1.165) is 0 Å². The fourth-order valence-corrected chi connectivity index (χ4v) is 1.52. The Hall–Kier alpha value is -0.360. The van der Waals surface area contributed by atoms with Crippen molar-refractivity contribution in [3.05, 3.63) is 0 Å². The number of hydrogen-bond donors (Lipinski definition) is 1. The summed E-state index contributed by atoms with van der Waals surface area (Å²) in [5.41, 5.74) is 5.66. The summed E-state index contributed by atoms with van der Waals surface area (Å²) >= 11 is 0. The molecule has 15 heavy (non-hydrogen) atoms. The van der Waals surface area contributed by atoms with E-state index in [2.05, 4.69) is 0 Å². The van der Waals surface area contributed by atoms with E-state index in [9.17, 15) is 4.79 Å². The zero-order valence-corrected chi connectivity index (χ0v) is 9.96. The maximum absolute atomic E-state index is 11.8. The van der Waals surface area contributed by atoms with E-state index in [1.165, 1.54) is 7.11 Å². The van der Waals surface area contributed by atoms with Crippen molar-refractivity contribution in [2.75, 3.05) is 33.5 Å². The molecule has 0 saturated carbocycles. The van der Waals surface area contributed by atoms with E-state index < -0.39 is 6.04 Å². The number of amides is 1. The van der Waals surface area contributed by atoms with Crippen molar-refractivity contribution in [1.29, 1.82) is 0 Å². The van der Waals surface area contributed by atoms with Gasteiger partial charge in [-0.3, -0.25) is 4.79 Å². The van der Waals surface area contributed by atoms with Gasteiger partial charge in [0.05, 0.1) is 25.9 Å². The van der Waals surface area contributed by atoms with Crippen molar-refractivity contribution < 1.29 is 14.3 Å². The number of nitrogens with zero attached hydrogens (tertiary/aromatic N) is 1. The van der Waals surface area contributed by atoms with E-state index in [-0.39, 0.29) is 31.0 Å². The highest BCUT2D eigenvalue weighted by Gasteiger charge is 2.27. The Morgan fingerprint density at radius 1 is 1.73 bits per heavy atom. The van der Waals surface area contributed by atoms with Gasteiger partial charge < -0.3 is 20.1 Å². The molecular formula is C9H19ClN2O3. The first-order valence-corrected chi connectivity index (χ1v) is 4.79. The molecule has 0 radical (unpaired) electrons. The average molecular weight is 239 g/mol. The van der Waals surface area contributed by atoms with Crippen LogP contribution in [0.1, 0.15) is 6.92 Å². The summed E-state index contributed by atoms with van der Waals surface area (Å²) in [4.78, 5) is 13.5. The molecule has 1 fully saturated rings. The zero-order chi connectivity index (χ0) is 10.6. The fourth-order valence-electron chi connectivity index (χ4n) is 1.52. The van der Waals surface area contributed by atoms with Crippen LogP contribution in [-0.4, -0.2) is 56.4 Å². The lowest BCUT2D eigenvalue weighted by molar-refractivity contribution is -0.141. The van der Waals surface area contributed by atoms with Crippen molar-refractivity contribution in [1.82, 2.24) is 4.90 Å². The highest BCUT2D eigenvalue weighted by molar-refractivity contribution is 5.85. The highest BCUT2D eigenvalue weighted by atomic mass is 35.5. The van der Waals surface area contributed by atoms with Gasteiger partial charge in [0.2, 0.25) is 5.91 Å². The number of carbonyl (C=O) groups is 1. The van der Waals surface area contributed by atoms with Gasteiger partial charge in [0, 0.05) is 13.7 Å². The van der Waals surface area contributed by atoms with Crippen LogP contribution in [0.4, 0.5) is 0 Å². The summed E-state index contributed by atoms with van der Waals surface area (Å²) < 4.78 is 10.1. The normalized spacial score (nSPS) is 23.1. The van der Waals surface area contributed by atoms with Crippen LogP contribution in [0.15, 0.2) is 0 Å². The molecule has 0 aliphatic carbocycles. The predicted octanol–water partition coefficient (Wildman–Crippen LogP) is -0.371. The molecule has 2 N–H and O–H groups in total. The van der Waals surface area contributed by atoms with Crippen molar-refractivity contribution in [3.8, 4) is 0 Å². The molecule has 1 aliphatic rings. The summed E-state index contributed by atoms with van der Waals surface area (Å²) in [6.45, 7) is 4.03. The molecule has 1 heterocycles. The minimum Gasteiger partial charge on any atom is -0.383 e. The Morgan fingerprint density at radius 2 is 2.40 bits per heavy atom. The van der Waals surface area contributed by atoms with Crippen molar-refractivity contribution in [2.24, 2.45) is 5.73 Å². The second kappa shape index (κ2) is 7.00. The third-order valence-corrected chi connectivity index (χ3v) is 2.31. The van der Waals surface area contributed by atoms with Gasteiger partial charge >= 0.3 is 0 Å². The summed E-state index contributed by atoms with van der Waals surface area (Å²) in [6, 6.07) is -0.445. The first kappa shape index (κ1) is 14.6. The average Bonchev–Trinajstić information content (AvgIpc) is 2.18. The molecule has 0 aromatic carbocycles. The topological polar surface area (TPSA) is 64.8 Å². The molecule has 2 atom stereocenters. The molecule has 0 aromatic heterocycles. The minimum absolute atomic E-state index is 0. The van der Waals surface area contributed by atoms with Crippen LogP contribution < -0.4 is 5.73 Å². The lowest BCUT2D eigenvalue weighted by Crippen LogP contribution is -2.54. The first-order chi connectivity index (χ1) is 6.66.